The minimum atomic E-state index is -0.173. The highest BCUT2D eigenvalue weighted by atomic mass is 16.7. The number of fused-ring (bicyclic) bond motifs is 1. The smallest absolute Gasteiger partial charge is 0.256 e. The Kier molecular flexibility index (Phi) is 7.15. The number of nitrogens with zero attached hydrogens (tertiary/aromatic N) is 3. The summed E-state index contributed by atoms with van der Waals surface area (Å²) in [6, 6.07) is 7.40. The first-order chi connectivity index (χ1) is 15.5. The molecule has 2 aromatic rings. The molecule has 0 radical (unpaired) electrons. The van der Waals surface area contributed by atoms with Gasteiger partial charge in [-0.1, -0.05) is 18.6 Å². The second-order valence-corrected chi connectivity index (χ2v) is 9.18. The first kappa shape index (κ1) is 22.4. The number of rotatable bonds is 8. The van der Waals surface area contributed by atoms with E-state index < -0.39 is 0 Å². The fraction of sp³-hybridized carbons (Fsp3) is 0.520. The molecule has 0 bridgehead atoms. The van der Waals surface area contributed by atoms with Gasteiger partial charge in [0, 0.05) is 31.3 Å². The molecule has 2 aliphatic heterocycles. The molecule has 172 valence electrons. The summed E-state index contributed by atoms with van der Waals surface area (Å²) in [4.78, 5) is 15.4. The second kappa shape index (κ2) is 10.2. The molecule has 1 fully saturated rings. The summed E-state index contributed by atoms with van der Waals surface area (Å²) in [6.07, 6.45) is 8.57. The number of benzene rings is 1. The number of carbonyl (C=O) groups excluding carboxylic acids is 1. The quantitative estimate of drug-likeness (QED) is 0.595. The van der Waals surface area contributed by atoms with Crippen molar-refractivity contribution in [3.05, 3.63) is 47.7 Å². The molecule has 1 aromatic carbocycles. The molecule has 1 saturated heterocycles. The largest absolute Gasteiger partial charge is 0.454 e. The third-order valence-corrected chi connectivity index (χ3v) is 6.23. The van der Waals surface area contributed by atoms with Crippen LogP contribution in [0.5, 0.6) is 11.5 Å². The van der Waals surface area contributed by atoms with Gasteiger partial charge in [-0.25, -0.2) is 4.68 Å². The lowest BCUT2D eigenvalue weighted by Gasteiger charge is -2.34. The Balaban J connectivity index is 1.29. The third kappa shape index (κ3) is 5.51. The van der Waals surface area contributed by atoms with Crippen molar-refractivity contribution >= 4 is 11.7 Å². The predicted molar refractivity (Wildman–Crippen MR) is 125 cm³/mol. The van der Waals surface area contributed by atoms with Crippen LogP contribution in [0.2, 0.25) is 0 Å². The molecule has 1 N–H and O–H groups in total. The normalized spacial score (nSPS) is 17.2. The molecule has 7 nitrogen and oxygen atoms in total. The monoisotopic (exact) mass is 438 g/mol. The molecule has 1 amide bonds. The number of likely N-dealkylation sites (tertiary alicyclic amines) is 1. The number of piperidine rings is 1. The molecule has 2 aliphatic rings. The number of carbonyl (C=O) groups is 1. The van der Waals surface area contributed by atoms with E-state index in [1.165, 1.54) is 18.4 Å². The molecular weight excluding hydrogens is 404 g/mol. The molecule has 0 spiro atoms. The summed E-state index contributed by atoms with van der Waals surface area (Å²) < 4.78 is 12.7. The maximum atomic E-state index is 12.8. The maximum absolute atomic E-state index is 12.8. The number of nitrogens with one attached hydrogen (secondary N) is 1. The van der Waals surface area contributed by atoms with Gasteiger partial charge in [0.15, 0.2) is 11.5 Å². The van der Waals surface area contributed by atoms with Gasteiger partial charge in [-0.15, -0.1) is 0 Å². The van der Waals surface area contributed by atoms with Crippen molar-refractivity contribution in [2.24, 2.45) is 5.92 Å². The van der Waals surface area contributed by atoms with Crippen LogP contribution in [0.3, 0.4) is 0 Å². The maximum Gasteiger partial charge on any atom is 0.256 e. The summed E-state index contributed by atoms with van der Waals surface area (Å²) >= 11 is 0. The highest BCUT2D eigenvalue weighted by Gasteiger charge is 2.24. The van der Waals surface area contributed by atoms with Gasteiger partial charge in [0.1, 0.15) is 5.82 Å². The van der Waals surface area contributed by atoms with Crippen LogP contribution >= 0.6 is 0 Å². The lowest BCUT2D eigenvalue weighted by molar-refractivity contribution is 0.102. The third-order valence-electron chi connectivity index (χ3n) is 6.23. The number of amides is 1. The zero-order valence-electron chi connectivity index (χ0n) is 19.3. The first-order valence-corrected chi connectivity index (χ1v) is 11.6. The second-order valence-electron chi connectivity index (χ2n) is 9.18. The number of aromatic nitrogens is 2. The van der Waals surface area contributed by atoms with E-state index in [4.69, 9.17) is 9.47 Å². The van der Waals surface area contributed by atoms with E-state index >= 15 is 0 Å². The van der Waals surface area contributed by atoms with Gasteiger partial charge >= 0.3 is 0 Å². The fourth-order valence-corrected chi connectivity index (χ4v) is 4.47. The zero-order chi connectivity index (χ0) is 22.5. The van der Waals surface area contributed by atoms with Gasteiger partial charge < -0.3 is 19.7 Å². The molecule has 0 aliphatic carbocycles. The van der Waals surface area contributed by atoms with Gasteiger partial charge in [-0.2, -0.15) is 5.10 Å². The molecule has 32 heavy (non-hydrogen) atoms. The fourth-order valence-electron chi connectivity index (χ4n) is 4.47. The summed E-state index contributed by atoms with van der Waals surface area (Å²) in [5.41, 5.74) is 1.94. The topological polar surface area (TPSA) is 68.6 Å². The van der Waals surface area contributed by atoms with E-state index in [-0.39, 0.29) is 12.7 Å². The number of allylic oxidation sites excluding steroid dienone is 2. The van der Waals surface area contributed by atoms with E-state index in [0.717, 1.165) is 38.3 Å². The Labute approximate surface area is 190 Å². The van der Waals surface area contributed by atoms with E-state index in [1.807, 2.05) is 10.7 Å². The summed E-state index contributed by atoms with van der Waals surface area (Å²) in [5, 5.41) is 7.54. The Morgan fingerprint density at radius 1 is 1.22 bits per heavy atom. The average molecular weight is 439 g/mol. The Bertz CT molecular complexity index is 956. The average Bonchev–Trinajstić information content (AvgIpc) is 3.42. The summed E-state index contributed by atoms with van der Waals surface area (Å²) in [5.74, 6) is 2.54. The summed E-state index contributed by atoms with van der Waals surface area (Å²) in [6.45, 7) is 10.1. The molecule has 3 heterocycles. The molecular formula is C25H34N4O3. The highest BCUT2D eigenvalue weighted by Crippen LogP contribution is 2.33. The van der Waals surface area contributed by atoms with Gasteiger partial charge in [0.2, 0.25) is 6.79 Å². The predicted octanol–water partition coefficient (Wildman–Crippen LogP) is 4.88. The first-order valence-electron chi connectivity index (χ1n) is 11.6. The Morgan fingerprint density at radius 2 is 2.00 bits per heavy atom. The van der Waals surface area contributed by atoms with E-state index in [2.05, 4.69) is 42.2 Å². The zero-order valence-corrected chi connectivity index (χ0v) is 19.3. The molecule has 7 heteroatoms. The van der Waals surface area contributed by atoms with Crippen molar-refractivity contribution in [2.45, 2.75) is 52.5 Å². The lowest BCUT2D eigenvalue weighted by atomic mass is 10.0. The SMILES string of the molecule is CC(C)=CCC[C@@H](C)CN1CCC(n2nccc2NC(=O)c2ccc3c(c2)OCO3)CC1. The van der Waals surface area contributed by atoms with E-state index in [1.54, 1.807) is 24.4 Å². The number of hydrogen-bond donors (Lipinski definition) is 1. The van der Waals surface area contributed by atoms with Crippen LogP contribution in [-0.4, -0.2) is 47.0 Å². The van der Waals surface area contributed by atoms with Crippen molar-refractivity contribution in [1.29, 1.82) is 0 Å². The van der Waals surface area contributed by atoms with Crippen molar-refractivity contribution in [2.75, 3.05) is 31.7 Å². The van der Waals surface area contributed by atoms with Gasteiger partial charge in [-0.3, -0.25) is 4.79 Å². The summed E-state index contributed by atoms with van der Waals surface area (Å²) in [7, 11) is 0. The minimum Gasteiger partial charge on any atom is -0.454 e. The molecule has 1 atom stereocenters. The van der Waals surface area contributed by atoms with Crippen LogP contribution in [0.4, 0.5) is 5.82 Å². The van der Waals surface area contributed by atoms with Crippen molar-refractivity contribution in [1.82, 2.24) is 14.7 Å². The highest BCUT2D eigenvalue weighted by molar-refractivity contribution is 6.04. The number of anilines is 1. The van der Waals surface area contributed by atoms with Gasteiger partial charge in [-0.05, 0) is 63.6 Å². The van der Waals surface area contributed by atoms with Crippen LogP contribution in [0, 0.1) is 5.92 Å². The van der Waals surface area contributed by atoms with Crippen molar-refractivity contribution < 1.29 is 14.3 Å². The molecule has 0 saturated carbocycles. The Morgan fingerprint density at radius 3 is 2.78 bits per heavy atom. The number of ether oxygens (including phenoxy) is 2. The van der Waals surface area contributed by atoms with E-state index in [9.17, 15) is 4.79 Å². The van der Waals surface area contributed by atoms with Crippen LogP contribution < -0.4 is 14.8 Å². The van der Waals surface area contributed by atoms with Crippen LogP contribution in [0.15, 0.2) is 42.1 Å². The molecule has 0 unspecified atom stereocenters. The van der Waals surface area contributed by atoms with Gasteiger partial charge in [0.25, 0.3) is 5.91 Å². The standard InChI is InChI=1S/C25H34N4O3/c1-18(2)5-4-6-19(3)16-28-13-10-21(11-14-28)29-24(9-12-26-29)27-25(30)20-7-8-22-23(15-20)32-17-31-22/h5,7-9,12,15,19,21H,4,6,10-11,13-14,16-17H2,1-3H3,(H,27,30)/t19-/m1/s1. The minimum absolute atomic E-state index is 0.173. The van der Waals surface area contributed by atoms with Crippen molar-refractivity contribution in [3.63, 3.8) is 0 Å². The van der Waals surface area contributed by atoms with Crippen LogP contribution in [0.25, 0.3) is 0 Å². The molecule has 4 rings (SSSR count). The van der Waals surface area contributed by atoms with Crippen LogP contribution in [0.1, 0.15) is 62.9 Å². The van der Waals surface area contributed by atoms with Gasteiger partial charge in [0.05, 0.1) is 12.2 Å². The number of hydrogen-bond acceptors (Lipinski definition) is 5. The molecule has 1 aromatic heterocycles. The van der Waals surface area contributed by atoms with E-state index in [0.29, 0.717) is 29.0 Å². The van der Waals surface area contributed by atoms with Crippen LogP contribution in [-0.2, 0) is 0 Å². The lowest BCUT2D eigenvalue weighted by Crippen LogP contribution is -2.37. The Hall–Kier alpha value is -2.80. The van der Waals surface area contributed by atoms with Crippen molar-refractivity contribution in [3.8, 4) is 11.5 Å².